The van der Waals surface area contributed by atoms with Gasteiger partial charge in [0, 0.05) is 6.04 Å². The molecule has 1 aliphatic rings. The summed E-state index contributed by atoms with van der Waals surface area (Å²) in [5, 5.41) is 3.24. The van der Waals surface area contributed by atoms with Gasteiger partial charge in [-0.3, -0.25) is 0 Å². The minimum atomic E-state index is -0.752. The van der Waals surface area contributed by atoms with E-state index in [0.29, 0.717) is 17.9 Å². The van der Waals surface area contributed by atoms with Crippen molar-refractivity contribution < 1.29 is 8.78 Å². The van der Waals surface area contributed by atoms with Crippen LogP contribution in [-0.2, 0) is 6.42 Å². The Morgan fingerprint density at radius 2 is 2.29 bits per heavy atom. The van der Waals surface area contributed by atoms with Gasteiger partial charge in [-0.05, 0) is 48.9 Å². The molecule has 1 nitrogen and oxygen atoms in total. The lowest BCUT2D eigenvalue weighted by atomic mass is 9.93. The van der Waals surface area contributed by atoms with Gasteiger partial charge in [0.1, 0.15) is 0 Å². The minimum absolute atomic E-state index is 0.237. The number of thioether (sulfide) groups is 1. The molecule has 1 saturated heterocycles. The monoisotopic (exact) mass is 257 g/mol. The van der Waals surface area contributed by atoms with Gasteiger partial charge >= 0.3 is 0 Å². The minimum Gasteiger partial charge on any atom is -0.316 e. The highest BCUT2D eigenvalue weighted by Gasteiger charge is 2.25. The molecule has 94 valence electrons. The number of hydrogen-bond donors (Lipinski definition) is 1. The Labute approximate surface area is 105 Å². The SMILES string of the molecule is CNC(Cc1cccc(F)c1F)C1CCSC1. The highest BCUT2D eigenvalue weighted by molar-refractivity contribution is 7.99. The van der Waals surface area contributed by atoms with Crippen molar-refractivity contribution in [2.24, 2.45) is 5.92 Å². The summed E-state index contributed by atoms with van der Waals surface area (Å²) in [5.41, 5.74) is 0.473. The predicted molar refractivity (Wildman–Crippen MR) is 68.3 cm³/mol. The van der Waals surface area contributed by atoms with Crippen LogP contribution in [0.5, 0.6) is 0 Å². The maximum Gasteiger partial charge on any atom is 0.162 e. The fourth-order valence-electron chi connectivity index (χ4n) is 2.32. The zero-order chi connectivity index (χ0) is 12.3. The van der Waals surface area contributed by atoms with Crippen LogP contribution in [-0.4, -0.2) is 24.6 Å². The Morgan fingerprint density at radius 3 is 2.94 bits per heavy atom. The van der Waals surface area contributed by atoms with Crippen LogP contribution in [0, 0.1) is 17.6 Å². The topological polar surface area (TPSA) is 12.0 Å². The maximum atomic E-state index is 13.6. The molecule has 0 aliphatic carbocycles. The first kappa shape index (κ1) is 12.8. The van der Waals surface area contributed by atoms with E-state index in [1.54, 1.807) is 12.1 Å². The van der Waals surface area contributed by atoms with Gasteiger partial charge < -0.3 is 5.32 Å². The fourth-order valence-corrected chi connectivity index (χ4v) is 3.66. The molecule has 0 spiro atoms. The van der Waals surface area contributed by atoms with Gasteiger partial charge in [0.25, 0.3) is 0 Å². The van der Waals surface area contributed by atoms with E-state index in [4.69, 9.17) is 0 Å². The summed E-state index contributed by atoms with van der Waals surface area (Å²) in [6, 6.07) is 4.65. The first-order valence-electron chi connectivity index (χ1n) is 5.90. The second kappa shape index (κ2) is 5.83. The third-order valence-electron chi connectivity index (χ3n) is 3.38. The zero-order valence-corrected chi connectivity index (χ0v) is 10.7. The molecule has 2 atom stereocenters. The molecule has 1 N–H and O–H groups in total. The molecule has 4 heteroatoms. The van der Waals surface area contributed by atoms with E-state index in [1.165, 1.54) is 11.8 Å². The summed E-state index contributed by atoms with van der Waals surface area (Å²) >= 11 is 1.94. The lowest BCUT2D eigenvalue weighted by Crippen LogP contribution is -2.36. The maximum absolute atomic E-state index is 13.6. The molecule has 2 unspecified atom stereocenters. The van der Waals surface area contributed by atoms with E-state index in [9.17, 15) is 8.78 Å². The van der Waals surface area contributed by atoms with Gasteiger partial charge in [0.2, 0.25) is 0 Å². The van der Waals surface area contributed by atoms with Crippen molar-refractivity contribution in [2.45, 2.75) is 18.9 Å². The summed E-state index contributed by atoms with van der Waals surface area (Å²) in [7, 11) is 1.89. The van der Waals surface area contributed by atoms with E-state index in [0.717, 1.165) is 12.2 Å². The van der Waals surface area contributed by atoms with Gasteiger partial charge in [-0.15, -0.1) is 0 Å². The van der Waals surface area contributed by atoms with Crippen molar-refractivity contribution >= 4 is 11.8 Å². The number of halogens is 2. The van der Waals surface area contributed by atoms with Crippen LogP contribution in [0.4, 0.5) is 8.78 Å². The molecule has 0 radical (unpaired) electrons. The summed E-state index contributed by atoms with van der Waals surface area (Å²) in [5.74, 6) is 1.40. The number of nitrogens with one attached hydrogen (secondary N) is 1. The molecule has 1 fully saturated rings. The van der Waals surface area contributed by atoms with Crippen LogP contribution in [0.3, 0.4) is 0 Å². The van der Waals surface area contributed by atoms with Crippen LogP contribution in [0.2, 0.25) is 0 Å². The van der Waals surface area contributed by atoms with E-state index < -0.39 is 11.6 Å². The van der Waals surface area contributed by atoms with Crippen LogP contribution >= 0.6 is 11.8 Å². The summed E-state index contributed by atoms with van der Waals surface area (Å²) < 4.78 is 26.7. The highest BCUT2D eigenvalue weighted by atomic mass is 32.2. The lowest BCUT2D eigenvalue weighted by molar-refractivity contribution is 0.395. The van der Waals surface area contributed by atoms with Gasteiger partial charge in [-0.25, -0.2) is 8.78 Å². The molecular weight excluding hydrogens is 240 g/mol. The zero-order valence-electron chi connectivity index (χ0n) is 9.88. The van der Waals surface area contributed by atoms with Gasteiger partial charge in [0.15, 0.2) is 11.6 Å². The second-order valence-electron chi connectivity index (χ2n) is 4.44. The lowest BCUT2D eigenvalue weighted by Gasteiger charge is -2.22. The predicted octanol–water partition coefficient (Wildman–Crippen LogP) is 2.85. The van der Waals surface area contributed by atoms with Gasteiger partial charge in [-0.2, -0.15) is 11.8 Å². The molecule has 0 saturated carbocycles. The Bertz CT molecular complexity index is 378. The molecule has 1 aliphatic heterocycles. The van der Waals surface area contributed by atoms with Crippen LogP contribution in [0.1, 0.15) is 12.0 Å². The molecule has 1 heterocycles. The van der Waals surface area contributed by atoms with Crippen molar-refractivity contribution in [1.82, 2.24) is 5.32 Å². The number of rotatable bonds is 4. The average Bonchev–Trinajstić information content (AvgIpc) is 2.85. The number of benzene rings is 1. The summed E-state index contributed by atoms with van der Waals surface area (Å²) in [6.07, 6.45) is 1.72. The average molecular weight is 257 g/mol. The molecule has 1 aromatic rings. The Hall–Kier alpha value is -0.610. The van der Waals surface area contributed by atoms with Crippen molar-refractivity contribution in [1.29, 1.82) is 0 Å². The summed E-state index contributed by atoms with van der Waals surface area (Å²) in [4.78, 5) is 0. The third kappa shape index (κ3) is 2.99. The van der Waals surface area contributed by atoms with Crippen molar-refractivity contribution in [3.05, 3.63) is 35.4 Å². The molecule has 0 aromatic heterocycles. The third-order valence-corrected chi connectivity index (χ3v) is 4.56. The van der Waals surface area contributed by atoms with E-state index in [2.05, 4.69) is 5.32 Å². The first-order chi connectivity index (χ1) is 8.22. The van der Waals surface area contributed by atoms with Crippen molar-refractivity contribution in [3.8, 4) is 0 Å². The molecule has 0 amide bonds. The Morgan fingerprint density at radius 1 is 1.47 bits per heavy atom. The second-order valence-corrected chi connectivity index (χ2v) is 5.59. The van der Waals surface area contributed by atoms with E-state index in [-0.39, 0.29) is 6.04 Å². The molecule has 17 heavy (non-hydrogen) atoms. The van der Waals surface area contributed by atoms with Gasteiger partial charge in [-0.1, -0.05) is 12.1 Å². The quantitative estimate of drug-likeness (QED) is 0.890. The van der Waals surface area contributed by atoms with Crippen molar-refractivity contribution in [2.75, 3.05) is 18.6 Å². The van der Waals surface area contributed by atoms with Crippen LogP contribution in [0.25, 0.3) is 0 Å². The van der Waals surface area contributed by atoms with Crippen LogP contribution < -0.4 is 5.32 Å². The summed E-state index contributed by atoms with van der Waals surface area (Å²) in [6.45, 7) is 0. The van der Waals surface area contributed by atoms with Gasteiger partial charge in [0.05, 0.1) is 0 Å². The first-order valence-corrected chi connectivity index (χ1v) is 7.05. The van der Waals surface area contributed by atoms with E-state index in [1.807, 2.05) is 18.8 Å². The van der Waals surface area contributed by atoms with E-state index >= 15 is 0 Å². The molecular formula is C13H17F2NS. The smallest absolute Gasteiger partial charge is 0.162 e. The normalized spacial score (nSPS) is 21.7. The number of likely N-dealkylation sites (N-methyl/N-ethyl adjacent to an activating group) is 1. The standard InChI is InChI=1S/C13H17F2NS/c1-16-12(10-5-6-17-8-10)7-9-3-2-4-11(14)13(9)15/h2-4,10,12,16H,5-8H2,1H3. The Kier molecular flexibility index (Phi) is 4.40. The largest absolute Gasteiger partial charge is 0.316 e. The van der Waals surface area contributed by atoms with Crippen LogP contribution in [0.15, 0.2) is 18.2 Å². The molecule has 1 aromatic carbocycles. The highest BCUT2D eigenvalue weighted by Crippen LogP contribution is 2.28. The molecule has 0 bridgehead atoms. The number of hydrogen-bond acceptors (Lipinski definition) is 2. The van der Waals surface area contributed by atoms with Crippen molar-refractivity contribution in [3.63, 3.8) is 0 Å². The fraction of sp³-hybridized carbons (Fsp3) is 0.538. The molecule has 2 rings (SSSR count). The Balaban J connectivity index is 2.09.